The molecular formula is C14H19Cl2N3O. The van der Waals surface area contributed by atoms with Crippen LogP contribution >= 0.6 is 23.2 Å². The fourth-order valence-electron chi connectivity index (χ4n) is 2.56. The molecule has 0 radical (unpaired) electrons. The van der Waals surface area contributed by atoms with E-state index in [2.05, 4.69) is 11.9 Å². The van der Waals surface area contributed by atoms with Crippen LogP contribution < -0.4 is 5.73 Å². The smallest absolute Gasteiger partial charge is 0.253 e. The highest BCUT2D eigenvalue weighted by Gasteiger charge is 2.24. The predicted octanol–water partition coefficient (Wildman–Crippen LogP) is 2.74. The third kappa shape index (κ3) is 3.19. The maximum atomic E-state index is 12.4. The number of benzene rings is 1. The Kier molecular flexibility index (Phi) is 4.78. The predicted molar refractivity (Wildman–Crippen MR) is 83.5 cm³/mol. The van der Waals surface area contributed by atoms with Crippen molar-refractivity contribution in [3.8, 4) is 0 Å². The Labute approximate surface area is 129 Å². The van der Waals surface area contributed by atoms with Gasteiger partial charge in [0.15, 0.2) is 0 Å². The molecule has 1 aromatic carbocycles. The largest absolute Gasteiger partial charge is 0.397 e. The summed E-state index contributed by atoms with van der Waals surface area (Å²) < 4.78 is 0. The average Bonchev–Trinajstić information content (AvgIpc) is 2.80. The molecule has 0 saturated carbocycles. The number of anilines is 1. The highest BCUT2D eigenvalue weighted by Crippen LogP contribution is 2.30. The number of halogens is 2. The lowest BCUT2D eigenvalue weighted by Gasteiger charge is -2.26. The Hall–Kier alpha value is -0.970. The molecular weight excluding hydrogens is 297 g/mol. The molecule has 0 spiro atoms. The van der Waals surface area contributed by atoms with E-state index in [1.807, 2.05) is 0 Å². The minimum Gasteiger partial charge on any atom is -0.397 e. The lowest BCUT2D eigenvalue weighted by atomic mass is 10.1. The zero-order valence-corrected chi connectivity index (χ0v) is 13.2. The summed E-state index contributed by atoms with van der Waals surface area (Å²) in [5.41, 5.74) is 6.55. The third-order valence-electron chi connectivity index (χ3n) is 3.81. The van der Waals surface area contributed by atoms with Crippen molar-refractivity contribution in [3.63, 3.8) is 0 Å². The van der Waals surface area contributed by atoms with E-state index < -0.39 is 0 Å². The van der Waals surface area contributed by atoms with Crippen molar-refractivity contribution in [2.24, 2.45) is 0 Å². The van der Waals surface area contributed by atoms with Crippen LogP contribution in [0, 0.1) is 0 Å². The molecule has 20 heavy (non-hydrogen) atoms. The van der Waals surface area contributed by atoms with Gasteiger partial charge in [-0.15, -0.1) is 0 Å². The second-order valence-electron chi connectivity index (χ2n) is 5.32. The van der Waals surface area contributed by atoms with Gasteiger partial charge in [0.2, 0.25) is 0 Å². The summed E-state index contributed by atoms with van der Waals surface area (Å²) in [6, 6.07) is 3.56. The number of carbonyl (C=O) groups excluding carboxylic acids is 1. The Morgan fingerprint density at radius 1 is 1.50 bits per heavy atom. The number of amides is 1. The molecule has 1 heterocycles. The number of likely N-dealkylation sites (N-methyl/N-ethyl adjacent to an activating group) is 2. The van der Waals surface area contributed by atoms with Crippen LogP contribution in [0.5, 0.6) is 0 Å². The second kappa shape index (κ2) is 6.20. The molecule has 0 aliphatic carbocycles. The van der Waals surface area contributed by atoms with Gasteiger partial charge in [0.1, 0.15) is 0 Å². The summed E-state index contributed by atoms with van der Waals surface area (Å²) in [5, 5.41) is 0.600. The van der Waals surface area contributed by atoms with E-state index in [0.29, 0.717) is 33.9 Å². The van der Waals surface area contributed by atoms with Crippen LogP contribution in [0.4, 0.5) is 5.69 Å². The first kappa shape index (κ1) is 15.4. The summed E-state index contributed by atoms with van der Waals surface area (Å²) in [6.07, 6.45) is 2.31. The van der Waals surface area contributed by atoms with Crippen molar-refractivity contribution in [1.82, 2.24) is 9.80 Å². The van der Waals surface area contributed by atoms with Gasteiger partial charge < -0.3 is 15.5 Å². The Morgan fingerprint density at radius 3 is 2.75 bits per heavy atom. The molecule has 110 valence electrons. The first-order valence-corrected chi connectivity index (χ1v) is 7.36. The highest BCUT2D eigenvalue weighted by atomic mass is 35.5. The molecule has 0 aromatic heterocycles. The van der Waals surface area contributed by atoms with Crippen LogP contribution in [-0.2, 0) is 0 Å². The summed E-state index contributed by atoms with van der Waals surface area (Å²) in [7, 11) is 3.89. The molecule has 2 N–H and O–H groups in total. The van der Waals surface area contributed by atoms with Gasteiger partial charge in [-0.2, -0.15) is 0 Å². The van der Waals surface area contributed by atoms with Crippen molar-refractivity contribution in [3.05, 3.63) is 27.7 Å². The molecule has 6 heteroatoms. The van der Waals surface area contributed by atoms with Crippen LogP contribution in [0.25, 0.3) is 0 Å². The monoisotopic (exact) mass is 315 g/mol. The van der Waals surface area contributed by atoms with Crippen LogP contribution in [0.2, 0.25) is 10.0 Å². The number of hydrogen-bond acceptors (Lipinski definition) is 3. The average molecular weight is 316 g/mol. The van der Waals surface area contributed by atoms with E-state index in [1.165, 1.54) is 6.42 Å². The van der Waals surface area contributed by atoms with Gasteiger partial charge in [0.05, 0.1) is 15.7 Å². The zero-order chi connectivity index (χ0) is 14.9. The Morgan fingerprint density at radius 2 is 2.20 bits per heavy atom. The molecule has 1 amide bonds. The summed E-state index contributed by atoms with van der Waals surface area (Å²) in [6.45, 7) is 1.79. The number of rotatable bonds is 3. The Bertz CT molecular complexity index is 498. The topological polar surface area (TPSA) is 49.6 Å². The fourth-order valence-corrected chi connectivity index (χ4v) is 2.90. The van der Waals surface area contributed by atoms with Crippen molar-refractivity contribution in [2.45, 2.75) is 18.9 Å². The van der Waals surface area contributed by atoms with Gasteiger partial charge in [-0.3, -0.25) is 4.79 Å². The van der Waals surface area contributed by atoms with Gasteiger partial charge in [-0.25, -0.2) is 0 Å². The van der Waals surface area contributed by atoms with Crippen LogP contribution in [-0.4, -0.2) is 48.9 Å². The first-order valence-electron chi connectivity index (χ1n) is 6.60. The lowest BCUT2D eigenvalue weighted by Crippen LogP contribution is -2.39. The van der Waals surface area contributed by atoms with E-state index in [4.69, 9.17) is 28.9 Å². The van der Waals surface area contributed by atoms with E-state index >= 15 is 0 Å². The maximum absolute atomic E-state index is 12.4. The van der Waals surface area contributed by atoms with Gasteiger partial charge in [0, 0.05) is 25.2 Å². The van der Waals surface area contributed by atoms with Crippen molar-refractivity contribution in [1.29, 1.82) is 0 Å². The van der Waals surface area contributed by atoms with Crippen molar-refractivity contribution < 1.29 is 4.79 Å². The molecule has 1 aliphatic heterocycles. The van der Waals surface area contributed by atoms with E-state index in [9.17, 15) is 4.79 Å². The molecule has 1 saturated heterocycles. The molecule has 1 aliphatic rings. The molecule has 2 rings (SSSR count). The number of likely N-dealkylation sites (tertiary alicyclic amines) is 1. The fraction of sp³-hybridized carbons (Fsp3) is 0.500. The molecule has 1 atom stereocenters. The van der Waals surface area contributed by atoms with Crippen molar-refractivity contribution >= 4 is 34.8 Å². The van der Waals surface area contributed by atoms with Crippen LogP contribution in [0.1, 0.15) is 23.2 Å². The number of carbonyl (C=O) groups is 1. The van der Waals surface area contributed by atoms with Gasteiger partial charge >= 0.3 is 0 Å². The summed E-state index contributed by atoms with van der Waals surface area (Å²) in [5.74, 6) is -0.0874. The molecule has 4 nitrogen and oxygen atoms in total. The van der Waals surface area contributed by atoms with E-state index in [0.717, 1.165) is 13.0 Å². The zero-order valence-electron chi connectivity index (χ0n) is 11.7. The summed E-state index contributed by atoms with van der Waals surface area (Å²) in [4.78, 5) is 16.4. The molecule has 0 bridgehead atoms. The standard InChI is InChI=1S/C14H19Cl2N3O/c1-18-5-3-4-10(18)8-19(2)14(20)9-6-11(15)13(16)12(17)7-9/h6-7,10H,3-5,8,17H2,1-2H3. The van der Waals surface area contributed by atoms with Gasteiger partial charge in [-0.1, -0.05) is 23.2 Å². The number of nitrogen functional groups attached to an aromatic ring is 1. The normalized spacial score (nSPS) is 19.3. The third-order valence-corrected chi connectivity index (χ3v) is 4.62. The first-order chi connectivity index (χ1) is 9.40. The SMILES string of the molecule is CN(CC1CCCN1C)C(=O)c1cc(N)c(Cl)c(Cl)c1. The lowest BCUT2D eigenvalue weighted by molar-refractivity contribution is 0.0761. The van der Waals surface area contributed by atoms with Gasteiger partial charge in [-0.05, 0) is 38.6 Å². The van der Waals surface area contributed by atoms with E-state index in [-0.39, 0.29) is 5.91 Å². The second-order valence-corrected chi connectivity index (χ2v) is 6.11. The van der Waals surface area contributed by atoms with Crippen LogP contribution in [0.3, 0.4) is 0 Å². The minimum atomic E-state index is -0.0874. The number of hydrogen-bond donors (Lipinski definition) is 1. The molecule has 1 unspecified atom stereocenters. The summed E-state index contributed by atoms with van der Waals surface area (Å²) >= 11 is 11.9. The molecule has 1 aromatic rings. The quantitative estimate of drug-likeness (QED) is 0.872. The maximum Gasteiger partial charge on any atom is 0.253 e. The van der Waals surface area contributed by atoms with Crippen LogP contribution in [0.15, 0.2) is 12.1 Å². The van der Waals surface area contributed by atoms with Crippen molar-refractivity contribution in [2.75, 3.05) is 32.9 Å². The Balaban J connectivity index is 2.10. The minimum absolute atomic E-state index is 0.0874. The van der Waals surface area contributed by atoms with Gasteiger partial charge in [0.25, 0.3) is 5.91 Å². The highest BCUT2D eigenvalue weighted by molar-refractivity contribution is 6.43. The van der Waals surface area contributed by atoms with E-state index in [1.54, 1.807) is 24.1 Å². The number of nitrogens with two attached hydrogens (primary N) is 1. The molecule has 1 fully saturated rings. The number of nitrogens with zero attached hydrogens (tertiary/aromatic N) is 2.